The number of fused-ring (bicyclic) bond motifs is 3. The van der Waals surface area contributed by atoms with Gasteiger partial charge < -0.3 is 20.7 Å². The molecule has 0 aliphatic heterocycles. The Morgan fingerprint density at radius 3 is 2.32 bits per heavy atom. The SMILES string of the molecule is CCN(CC)Cc1ccc(OC)c(-c2ccc(O)c3c2C[C@@H]2C[C@@H]4C(N(C)C)C(=O)C(C(N)=O)C(=O)[C@]4(O)C(=O)C2C3=O)c1. The molecule has 3 aliphatic carbocycles. The molecule has 0 bridgehead atoms. The molecule has 234 valence electrons. The number of aromatic hydroxyl groups is 1. The predicted molar refractivity (Wildman–Crippen MR) is 160 cm³/mol. The number of hydrogen-bond acceptors (Lipinski definition) is 10. The van der Waals surface area contributed by atoms with Crippen molar-refractivity contribution in [3.05, 3.63) is 47.0 Å². The first-order valence-electron chi connectivity index (χ1n) is 14.9. The van der Waals surface area contributed by atoms with Gasteiger partial charge in [0.15, 0.2) is 34.7 Å². The molecule has 0 saturated heterocycles. The van der Waals surface area contributed by atoms with Gasteiger partial charge in [0, 0.05) is 18.0 Å². The van der Waals surface area contributed by atoms with Crippen LogP contribution in [0.4, 0.5) is 0 Å². The fourth-order valence-corrected chi connectivity index (χ4v) is 7.63. The molecule has 0 radical (unpaired) electrons. The number of Topliss-reactive ketones (excluding diaryl/α,β-unsaturated/α-hetero) is 4. The molecular formula is C33H39N3O8. The van der Waals surface area contributed by atoms with Gasteiger partial charge in [-0.25, -0.2) is 0 Å². The highest BCUT2D eigenvalue weighted by atomic mass is 16.5. The largest absolute Gasteiger partial charge is 0.507 e. The Hall–Kier alpha value is -3.93. The summed E-state index contributed by atoms with van der Waals surface area (Å²) in [5.74, 6) is -10.2. The van der Waals surface area contributed by atoms with E-state index in [9.17, 15) is 34.2 Å². The van der Waals surface area contributed by atoms with Crippen molar-refractivity contribution < 1.29 is 38.9 Å². The van der Waals surface area contributed by atoms with Crippen LogP contribution in [0, 0.1) is 23.7 Å². The fraction of sp³-hybridized carbons (Fsp3) is 0.485. The van der Waals surface area contributed by atoms with E-state index in [0.717, 1.165) is 24.2 Å². The third-order valence-corrected chi connectivity index (χ3v) is 9.80. The minimum Gasteiger partial charge on any atom is -0.507 e. The lowest BCUT2D eigenvalue weighted by Gasteiger charge is -2.52. The molecule has 1 amide bonds. The van der Waals surface area contributed by atoms with Gasteiger partial charge >= 0.3 is 0 Å². The van der Waals surface area contributed by atoms with Crippen molar-refractivity contribution in [3.63, 3.8) is 0 Å². The van der Waals surface area contributed by atoms with Crippen LogP contribution in [0.25, 0.3) is 11.1 Å². The minimum atomic E-state index is -2.76. The molecule has 2 aromatic rings. The Balaban J connectivity index is 1.64. The van der Waals surface area contributed by atoms with Crippen LogP contribution >= 0.6 is 0 Å². The average molecular weight is 606 g/mol. The first-order chi connectivity index (χ1) is 20.8. The number of ether oxygens (including phenoxy) is 1. The van der Waals surface area contributed by atoms with E-state index in [1.807, 2.05) is 18.2 Å². The number of amides is 1. The van der Waals surface area contributed by atoms with Crippen LogP contribution in [0.2, 0.25) is 0 Å². The zero-order chi connectivity index (χ0) is 32.2. The molecule has 11 heteroatoms. The van der Waals surface area contributed by atoms with Crippen molar-refractivity contribution in [1.82, 2.24) is 9.80 Å². The lowest BCUT2D eigenvalue weighted by atomic mass is 9.52. The van der Waals surface area contributed by atoms with Crippen LogP contribution in [-0.4, -0.2) is 95.0 Å². The maximum Gasteiger partial charge on any atom is 0.235 e. The van der Waals surface area contributed by atoms with Gasteiger partial charge in [0.2, 0.25) is 5.91 Å². The standard InChI is InChI=1S/C33H39N3O8/c1-6-36(7-2)15-16-8-11-23(44-5)19(12-16)18-9-10-22(37)25-20(18)13-17-14-21-27(35(3)4)29(39)26(32(34)42)31(41)33(21,43)30(40)24(17)28(25)38/h8-12,17,21,24,26-27,37,43H,6-7,13-15H2,1-5H3,(H2,34,42)/t17-,21-,24?,26?,27?,33-/m1/s1. The monoisotopic (exact) mass is 605 g/mol. The van der Waals surface area contributed by atoms with Gasteiger partial charge in [-0.3, -0.25) is 33.8 Å². The highest BCUT2D eigenvalue weighted by molar-refractivity contribution is 6.32. The molecule has 2 aromatic carbocycles. The number of phenols is 1. The molecular weight excluding hydrogens is 566 g/mol. The summed E-state index contributed by atoms with van der Waals surface area (Å²) < 4.78 is 5.70. The van der Waals surface area contributed by atoms with Crippen molar-refractivity contribution >= 4 is 29.0 Å². The lowest BCUT2D eigenvalue weighted by Crippen LogP contribution is -2.74. The molecule has 2 saturated carbocycles. The van der Waals surface area contributed by atoms with E-state index in [1.54, 1.807) is 27.3 Å². The summed E-state index contributed by atoms with van der Waals surface area (Å²) in [5.41, 5.74) is 5.52. The maximum atomic E-state index is 14.1. The van der Waals surface area contributed by atoms with E-state index in [1.165, 1.54) is 11.0 Å². The summed E-state index contributed by atoms with van der Waals surface area (Å²) in [5, 5.41) is 22.7. The summed E-state index contributed by atoms with van der Waals surface area (Å²) >= 11 is 0. The number of ketones is 4. The molecule has 3 unspecified atom stereocenters. The van der Waals surface area contributed by atoms with Gasteiger partial charge in [0.25, 0.3) is 0 Å². The Labute approximate surface area is 256 Å². The minimum absolute atomic E-state index is 0.0157. The number of methoxy groups -OCH3 is 1. The highest BCUT2D eigenvalue weighted by Crippen LogP contribution is 2.52. The maximum absolute atomic E-state index is 14.1. The average Bonchev–Trinajstić information content (AvgIpc) is 2.97. The van der Waals surface area contributed by atoms with Gasteiger partial charge in [-0.1, -0.05) is 26.0 Å². The number of carbonyl (C=O) groups is 5. The van der Waals surface area contributed by atoms with Crippen molar-refractivity contribution in [3.8, 4) is 22.6 Å². The van der Waals surface area contributed by atoms with Crippen LogP contribution in [0.3, 0.4) is 0 Å². The fourth-order valence-electron chi connectivity index (χ4n) is 7.63. The lowest BCUT2D eigenvalue weighted by molar-refractivity contribution is -0.181. The molecule has 2 fully saturated rings. The Kier molecular flexibility index (Phi) is 8.25. The van der Waals surface area contributed by atoms with E-state index in [0.29, 0.717) is 23.4 Å². The molecule has 0 spiro atoms. The molecule has 4 N–H and O–H groups in total. The number of nitrogens with zero attached hydrogens (tertiary/aromatic N) is 2. The van der Waals surface area contributed by atoms with Gasteiger partial charge in [-0.05, 0) is 80.8 Å². The summed E-state index contributed by atoms with van der Waals surface area (Å²) in [7, 11) is 4.67. The second kappa shape index (κ2) is 11.5. The van der Waals surface area contributed by atoms with Crippen molar-refractivity contribution in [2.24, 2.45) is 29.4 Å². The van der Waals surface area contributed by atoms with Crippen molar-refractivity contribution in [1.29, 1.82) is 0 Å². The third kappa shape index (κ3) is 4.65. The summed E-state index contributed by atoms with van der Waals surface area (Å²) in [4.78, 5) is 70.9. The van der Waals surface area contributed by atoms with Crippen LogP contribution in [0.15, 0.2) is 30.3 Å². The molecule has 44 heavy (non-hydrogen) atoms. The van der Waals surface area contributed by atoms with Gasteiger partial charge in [0.05, 0.1) is 24.6 Å². The normalized spacial score (nSPS) is 28.1. The summed E-state index contributed by atoms with van der Waals surface area (Å²) in [6.07, 6.45) is 0.150. The zero-order valence-corrected chi connectivity index (χ0v) is 25.6. The molecule has 5 rings (SSSR count). The predicted octanol–water partition coefficient (Wildman–Crippen LogP) is 1.38. The van der Waals surface area contributed by atoms with E-state index in [2.05, 4.69) is 18.7 Å². The second-order valence-electron chi connectivity index (χ2n) is 12.3. The topological polar surface area (TPSA) is 168 Å². The molecule has 11 nitrogen and oxygen atoms in total. The van der Waals surface area contributed by atoms with Crippen LogP contribution in [0.1, 0.15) is 41.8 Å². The Morgan fingerprint density at radius 1 is 1.05 bits per heavy atom. The number of benzene rings is 2. The van der Waals surface area contributed by atoms with E-state index in [-0.39, 0.29) is 24.2 Å². The second-order valence-corrected chi connectivity index (χ2v) is 12.3. The number of nitrogens with two attached hydrogens (primary N) is 1. The molecule has 3 aliphatic rings. The smallest absolute Gasteiger partial charge is 0.235 e. The molecule has 6 atom stereocenters. The highest BCUT2D eigenvalue weighted by Gasteiger charge is 2.69. The number of primary amides is 1. The molecule has 0 aromatic heterocycles. The number of hydrogen-bond donors (Lipinski definition) is 3. The van der Waals surface area contributed by atoms with E-state index < -0.39 is 64.4 Å². The zero-order valence-electron chi connectivity index (χ0n) is 25.6. The van der Waals surface area contributed by atoms with E-state index in [4.69, 9.17) is 10.5 Å². The van der Waals surface area contributed by atoms with E-state index >= 15 is 0 Å². The third-order valence-electron chi connectivity index (χ3n) is 9.80. The van der Waals surface area contributed by atoms with Crippen molar-refractivity contribution in [2.75, 3.05) is 34.3 Å². The number of carbonyl (C=O) groups excluding carboxylic acids is 5. The Morgan fingerprint density at radius 2 is 1.73 bits per heavy atom. The molecule has 0 heterocycles. The number of likely N-dealkylation sites (N-methyl/N-ethyl adjacent to an activating group) is 1. The summed E-state index contributed by atoms with van der Waals surface area (Å²) in [6, 6.07) is 7.79. The van der Waals surface area contributed by atoms with Gasteiger partial charge in [-0.2, -0.15) is 0 Å². The van der Waals surface area contributed by atoms with Crippen LogP contribution < -0.4 is 10.5 Å². The van der Waals surface area contributed by atoms with Crippen molar-refractivity contribution in [2.45, 2.75) is 44.9 Å². The summed E-state index contributed by atoms with van der Waals surface area (Å²) in [6.45, 7) is 6.60. The van der Waals surface area contributed by atoms with Crippen LogP contribution in [-0.2, 0) is 32.1 Å². The van der Waals surface area contributed by atoms with Gasteiger partial charge in [0.1, 0.15) is 11.5 Å². The number of aliphatic hydroxyl groups is 1. The quantitative estimate of drug-likeness (QED) is 0.374. The number of rotatable bonds is 8. The Bertz CT molecular complexity index is 1560. The van der Waals surface area contributed by atoms with Crippen LogP contribution in [0.5, 0.6) is 11.5 Å². The van der Waals surface area contributed by atoms with Gasteiger partial charge in [-0.15, -0.1) is 0 Å². The first-order valence-corrected chi connectivity index (χ1v) is 14.9. The number of phenolic OH excluding ortho intramolecular Hbond substituents is 1. The first kappa shape index (κ1) is 31.5.